The summed E-state index contributed by atoms with van der Waals surface area (Å²) >= 11 is 0. The third kappa shape index (κ3) is 3.03. The van der Waals surface area contributed by atoms with Crippen molar-refractivity contribution in [3.63, 3.8) is 0 Å². The highest BCUT2D eigenvalue weighted by molar-refractivity contribution is 5.22. The zero-order chi connectivity index (χ0) is 15.0. The summed E-state index contributed by atoms with van der Waals surface area (Å²) in [6.45, 7) is 11.6. The highest BCUT2D eigenvalue weighted by atomic mass is 15.1. The van der Waals surface area contributed by atoms with Gasteiger partial charge in [-0.05, 0) is 37.0 Å². The number of nitrogens with one attached hydrogen (secondary N) is 1. The van der Waals surface area contributed by atoms with Crippen LogP contribution in [0.25, 0.3) is 0 Å². The largest absolute Gasteiger partial charge is 0.328 e. The van der Waals surface area contributed by atoms with Crippen molar-refractivity contribution < 1.29 is 0 Å². The standard InChI is InChI=1S/C18H31N3/c1-12(2)9-18-20-15-11-19-8-7-17(15)21(18)16-6-5-13(3)10-14(16)4/h12-14,16,19H,5-11H2,1-4H3. The molecule has 118 valence electrons. The molecule has 1 fully saturated rings. The Kier molecular flexibility index (Phi) is 4.39. The summed E-state index contributed by atoms with van der Waals surface area (Å²) in [6, 6.07) is 0.685. The summed E-state index contributed by atoms with van der Waals surface area (Å²) in [4.78, 5) is 5.02. The number of aromatic nitrogens is 2. The molecular formula is C18H31N3. The van der Waals surface area contributed by atoms with Crippen molar-refractivity contribution in [3.8, 4) is 0 Å². The van der Waals surface area contributed by atoms with E-state index in [2.05, 4.69) is 37.6 Å². The van der Waals surface area contributed by atoms with Crippen LogP contribution in [0.15, 0.2) is 0 Å². The molecule has 1 saturated carbocycles. The predicted octanol–water partition coefficient (Wildman–Crippen LogP) is 3.72. The second kappa shape index (κ2) is 6.12. The number of hydrogen-bond acceptors (Lipinski definition) is 2. The Morgan fingerprint density at radius 2 is 2.10 bits per heavy atom. The van der Waals surface area contributed by atoms with Crippen LogP contribution in [-0.4, -0.2) is 16.1 Å². The van der Waals surface area contributed by atoms with Crippen molar-refractivity contribution >= 4 is 0 Å². The molecule has 0 spiro atoms. The molecule has 3 unspecified atom stereocenters. The highest BCUT2D eigenvalue weighted by Gasteiger charge is 2.31. The Labute approximate surface area is 129 Å². The van der Waals surface area contributed by atoms with Crippen LogP contribution < -0.4 is 5.32 Å². The van der Waals surface area contributed by atoms with E-state index in [-0.39, 0.29) is 0 Å². The summed E-state index contributed by atoms with van der Waals surface area (Å²) in [7, 11) is 0. The number of nitrogens with zero attached hydrogens (tertiary/aromatic N) is 2. The molecule has 3 heteroatoms. The van der Waals surface area contributed by atoms with Crippen LogP contribution in [0.4, 0.5) is 0 Å². The van der Waals surface area contributed by atoms with Crippen molar-refractivity contribution in [3.05, 3.63) is 17.2 Å². The van der Waals surface area contributed by atoms with Crippen LogP contribution in [0.1, 0.15) is 70.2 Å². The molecular weight excluding hydrogens is 258 g/mol. The van der Waals surface area contributed by atoms with Crippen molar-refractivity contribution in [1.29, 1.82) is 0 Å². The van der Waals surface area contributed by atoms with Crippen LogP contribution in [0.3, 0.4) is 0 Å². The van der Waals surface area contributed by atoms with E-state index < -0.39 is 0 Å². The molecule has 1 N–H and O–H groups in total. The molecule has 0 radical (unpaired) electrons. The molecule has 1 aromatic heterocycles. The minimum atomic E-state index is 0.679. The minimum Gasteiger partial charge on any atom is -0.328 e. The lowest BCUT2D eigenvalue weighted by Gasteiger charge is -2.36. The monoisotopic (exact) mass is 289 g/mol. The topological polar surface area (TPSA) is 29.9 Å². The third-order valence-electron chi connectivity index (χ3n) is 5.31. The minimum absolute atomic E-state index is 0.679. The third-order valence-corrected chi connectivity index (χ3v) is 5.31. The van der Waals surface area contributed by atoms with E-state index >= 15 is 0 Å². The fourth-order valence-electron chi connectivity index (χ4n) is 4.32. The van der Waals surface area contributed by atoms with Crippen LogP contribution >= 0.6 is 0 Å². The Morgan fingerprint density at radius 3 is 2.81 bits per heavy atom. The zero-order valence-electron chi connectivity index (χ0n) is 14.2. The SMILES string of the molecule is CC(C)Cc1nc2c(n1C1CCC(C)CC1C)CCNC2. The van der Waals surface area contributed by atoms with E-state index in [0.717, 1.165) is 37.8 Å². The zero-order valence-corrected chi connectivity index (χ0v) is 14.2. The normalized spacial score (nSPS) is 29.7. The van der Waals surface area contributed by atoms with Crippen molar-refractivity contribution in [1.82, 2.24) is 14.9 Å². The average Bonchev–Trinajstić information content (AvgIpc) is 2.76. The van der Waals surface area contributed by atoms with Gasteiger partial charge in [0.1, 0.15) is 5.82 Å². The summed E-state index contributed by atoms with van der Waals surface area (Å²) in [6.07, 6.45) is 6.35. The fourth-order valence-corrected chi connectivity index (χ4v) is 4.32. The van der Waals surface area contributed by atoms with Crippen molar-refractivity contribution in [2.24, 2.45) is 17.8 Å². The molecule has 3 rings (SSSR count). The summed E-state index contributed by atoms with van der Waals surface area (Å²) in [5.74, 6) is 3.71. The Bertz CT molecular complexity index is 489. The van der Waals surface area contributed by atoms with Crippen molar-refractivity contribution in [2.45, 2.75) is 72.4 Å². The van der Waals surface area contributed by atoms with Gasteiger partial charge in [-0.3, -0.25) is 0 Å². The Balaban J connectivity index is 1.96. The predicted molar refractivity (Wildman–Crippen MR) is 87.4 cm³/mol. The first-order valence-corrected chi connectivity index (χ1v) is 8.85. The maximum atomic E-state index is 5.02. The molecule has 2 heterocycles. The van der Waals surface area contributed by atoms with Gasteiger partial charge in [0.25, 0.3) is 0 Å². The Hall–Kier alpha value is -0.830. The molecule has 0 aromatic carbocycles. The molecule has 0 amide bonds. The maximum Gasteiger partial charge on any atom is 0.109 e. The van der Waals surface area contributed by atoms with E-state index in [1.807, 2.05) is 0 Å². The quantitative estimate of drug-likeness (QED) is 0.919. The summed E-state index contributed by atoms with van der Waals surface area (Å²) < 4.78 is 2.67. The number of imidazole rings is 1. The molecule has 2 aliphatic rings. The first-order chi connectivity index (χ1) is 10.1. The molecule has 3 nitrogen and oxygen atoms in total. The van der Waals surface area contributed by atoms with Gasteiger partial charge in [-0.15, -0.1) is 0 Å². The fraction of sp³-hybridized carbons (Fsp3) is 0.833. The highest BCUT2D eigenvalue weighted by Crippen LogP contribution is 2.39. The van der Waals surface area contributed by atoms with Crippen LogP contribution in [-0.2, 0) is 19.4 Å². The lowest BCUT2D eigenvalue weighted by atomic mass is 9.79. The second-order valence-corrected chi connectivity index (χ2v) is 7.78. The van der Waals surface area contributed by atoms with E-state index in [1.165, 1.54) is 36.5 Å². The molecule has 3 atom stereocenters. The number of hydrogen-bond donors (Lipinski definition) is 1. The molecule has 1 aliphatic carbocycles. The molecule has 0 bridgehead atoms. The second-order valence-electron chi connectivity index (χ2n) is 7.78. The first-order valence-electron chi connectivity index (χ1n) is 8.85. The van der Waals surface area contributed by atoms with Gasteiger partial charge in [0.05, 0.1) is 5.69 Å². The van der Waals surface area contributed by atoms with Gasteiger partial charge in [0, 0.05) is 37.7 Å². The number of fused-ring (bicyclic) bond motifs is 1. The summed E-state index contributed by atoms with van der Waals surface area (Å²) in [5, 5.41) is 3.48. The average molecular weight is 289 g/mol. The molecule has 1 aromatic rings. The van der Waals surface area contributed by atoms with Gasteiger partial charge in [0.2, 0.25) is 0 Å². The molecule has 1 aliphatic heterocycles. The first kappa shape index (κ1) is 15.1. The Morgan fingerprint density at radius 1 is 1.29 bits per heavy atom. The van der Waals surface area contributed by atoms with Gasteiger partial charge in [-0.25, -0.2) is 4.98 Å². The van der Waals surface area contributed by atoms with Crippen LogP contribution in [0.5, 0.6) is 0 Å². The smallest absolute Gasteiger partial charge is 0.109 e. The number of rotatable bonds is 3. The lowest BCUT2D eigenvalue weighted by Crippen LogP contribution is -2.30. The van der Waals surface area contributed by atoms with Gasteiger partial charge in [0.15, 0.2) is 0 Å². The van der Waals surface area contributed by atoms with Gasteiger partial charge >= 0.3 is 0 Å². The van der Waals surface area contributed by atoms with E-state index in [9.17, 15) is 0 Å². The van der Waals surface area contributed by atoms with Crippen LogP contribution in [0.2, 0.25) is 0 Å². The van der Waals surface area contributed by atoms with Crippen LogP contribution in [0, 0.1) is 17.8 Å². The van der Waals surface area contributed by atoms with Gasteiger partial charge < -0.3 is 9.88 Å². The van der Waals surface area contributed by atoms with E-state index in [4.69, 9.17) is 4.98 Å². The molecule has 21 heavy (non-hydrogen) atoms. The van der Waals surface area contributed by atoms with Gasteiger partial charge in [-0.1, -0.05) is 27.7 Å². The van der Waals surface area contributed by atoms with Crippen molar-refractivity contribution in [2.75, 3.05) is 6.54 Å². The summed E-state index contributed by atoms with van der Waals surface area (Å²) in [5.41, 5.74) is 2.86. The lowest BCUT2D eigenvalue weighted by molar-refractivity contribution is 0.200. The van der Waals surface area contributed by atoms with Gasteiger partial charge in [-0.2, -0.15) is 0 Å². The maximum absolute atomic E-state index is 5.02. The van der Waals surface area contributed by atoms with E-state index in [0.29, 0.717) is 12.0 Å². The molecule has 0 saturated heterocycles. The van der Waals surface area contributed by atoms with E-state index in [1.54, 1.807) is 0 Å².